The minimum Gasteiger partial charge on any atom is -0.365 e. The van der Waals surface area contributed by atoms with E-state index >= 15 is 4.39 Å². The van der Waals surface area contributed by atoms with Gasteiger partial charge in [-0.15, -0.1) is 0 Å². The highest BCUT2D eigenvalue weighted by atomic mass is 35.5. The van der Waals surface area contributed by atoms with Crippen LogP contribution < -0.4 is 10.6 Å². The summed E-state index contributed by atoms with van der Waals surface area (Å²) in [6.45, 7) is 3.12. The topological polar surface area (TPSA) is 78.5 Å². The van der Waals surface area contributed by atoms with Crippen molar-refractivity contribution in [3.63, 3.8) is 0 Å². The molecule has 3 N–H and O–H groups in total. The molecule has 0 aliphatic heterocycles. The predicted molar refractivity (Wildman–Crippen MR) is 131 cm³/mol. The van der Waals surface area contributed by atoms with Gasteiger partial charge in [-0.25, -0.2) is 32.5 Å². The Balaban J connectivity index is 1.39. The molecule has 0 unspecified atom stereocenters. The zero-order valence-electron chi connectivity index (χ0n) is 19.5. The molecule has 3 aromatic heterocycles. The minimum absolute atomic E-state index is 0.00252. The van der Waals surface area contributed by atoms with Gasteiger partial charge in [-0.3, -0.25) is 0 Å². The van der Waals surface area contributed by atoms with Gasteiger partial charge in [0.05, 0.1) is 11.2 Å². The van der Waals surface area contributed by atoms with Crippen molar-refractivity contribution in [2.75, 3.05) is 10.6 Å². The maximum Gasteiger partial charge on any atom is 0.186 e. The Morgan fingerprint density at radius 2 is 1.61 bits per heavy atom. The molecule has 1 aliphatic carbocycles. The first-order chi connectivity index (χ1) is 17.2. The molecule has 1 aliphatic rings. The summed E-state index contributed by atoms with van der Waals surface area (Å²) in [5.74, 6) is -2.31. The molecule has 188 valence electrons. The molecule has 6 nitrogen and oxygen atoms in total. The molecule has 1 fully saturated rings. The lowest BCUT2D eigenvalue weighted by Gasteiger charge is -2.31. The van der Waals surface area contributed by atoms with Crippen molar-refractivity contribution in [1.82, 2.24) is 19.9 Å². The average molecular weight is 519 g/mol. The van der Waals surface area contributed by atoms with Gasteiger partial charge in [0.25, 0.3) is 0 Å². The highest BCUT2D eigenvalue weighted by Crippen LogP contribution is 2.32. The molecule has 1 saturated carbocycles. The standard InChI is InChI=1S/C25H23ClF4N6/c1-11-6-19(26)35-24(20(11)29)33-14-4-3-5-15(9-14)34-25-21(30)12(2)32-23(36-25)17-10-31-22-16(17)7-13(27)8-18(22)28/h6-8,10,14-15,31H,3-5,9H2,1-2H3,(H,33,35)(H,32,34,36)/t14-,15+/m1/s1. The van der Waals surface area contributed by atoms with E-state index in [4.69, 9.17) is 11.6 Å². The molecule has 3 heterocycles. The van der Waals surface area contributed by atoms with Gasteiger partial charge in [0.1, 0.15) is 16.8 Å². The number of rotatable bonds is 5. The second kappa shape index (κ2) is 9.57. The van der Waals surface area contributed by atoms with Crippen molar-refractivity contribution in [3.8, 4) is 11.4 Å². The lowest BCUT2D eigenvalue weighted by Crippen LogP contribution is -2.35. The van der Waals surface area contributed by atoms with Crippen LogP contribution in [0, 0.1) is 37.1 Å². The van der Waals surface area contributed by atoms with Crippen molar-refractivity contribution in [2.45, 2.75) is 51.6 Å². The molecule has 0 bridgehead atoms. The number of H-pyrrole nitrogens is 1. The number of nitrogens with zero attached hydrogens (tertiary/aromatic N) is 3. The molecule has 0 saturated heterocycles. The van der Waals surface area contributed by atoms with Gasteiger partial charge < -0.3 is 15.6 Å². The number of halogens is 5. The summed E-state index contributed by atoms with van der Waals surface area (Å²) in [6.07, 6.45) is 4.39. The molecule has 0 radical (unpaired) electrons. The highest BCUT2D eigenvalue weighted by molar-refractivity contribution is 6.29. The third kappa shape index (κ3) is 4.69. The Morgan fingerprint density at radius 3 is 2.33 bits per heavy atom. The lowest BCUT2D eigenvalue weighted by molar-refractivity contribution is 0.423. The summed E-state index contributed by atoms with van der Waals surface area (Å²) in [4.78, 5) is 15.4. The van der Waals surface area contributed by atoms with E-state index in [9.17, 15) is 13.2 Å². The molecule has 2 atom stereocenters. The van der Waals surface area contributed by atoms with Crippen LogP contribution in [0.5, 0.6) is 0 Å². The maximum atomic E-state index is 15.0. The van der Waals surface area contributed by atoms with E-state index < -0.39 is 23.3 Å². The summed E-state index contributed by atoms with van der Waals surface area (Å²) in [5, 5.41) is 6.74. The Morgan fingerprint density at radius 1 is 0.917 bits per heavy atom. The van der Waals surface area contributed by atoms with E-state index in [0.717, 1.165) is 25.3 Å². The number of pyridine rings is 1. The number of aryl methyl sites for hydroxylation is 2. The Labute approximate surface area is 209 Å². The number of nitrogens with one attached hydrogen (secondary N) is 3. The first kappa shape index (κ1) is 24.3. The van der Waals surface area contributed by atoms with Crippen molar-refractivity contribution in [1.29, 1.82) is 0 Å². The predicted octanol–water partition coefficient (Wildman–Crippen LogP) is 6.68. The lowest BCUT2D eigenvalue weighted by atomic mass is 9.91. The number of benzene rings is 1. The number of anilines is 2. The van der Waals surface area contributed by atoms with Crippen LogP contribution >= 0.6 is 11.6 Å². The second-order valence-electron chi connectivity index (χ2n) is 9.08. The van der Waals surface area contributed by atoms with Gasteiger partial charge in [0.2, 0.25) is 0 Å². The zero-order valence-corrected chi connectivity index (χ0v) is 20.3. The summed E-state index contributed by atoms with van der Waals surface area (Å²) in [7, 11) is 0. The summed E-state index contributed by atoms with van der Waals surface area (Å²) < 4.78 is 57.5. The molecule has 0 spiro atoms. The van der Waals surface area contributed by atoms with Crippen LogP contribution in [0.1, 0.15) is 36.9 Å². The van der Waals surface area contributed by atoms with Gasteiger partial charge >= 0.3 is 0 Å². The smallest absolute Gasteiger partial charge is 0.186 e. The van der Waals surface area contributed by atoms with Crippen molar-refractivity contribution in [3.05, 3.63) is 64.1 Å². The van der Waals surface area contributed by atoms with Crippen LogP contribution in [-0.4, -0.2) is 32.0 Å². The van der Waals surface area contributed by atoms with E-state index in [1.807, 2.05) is 0 Å². The number of fused-ring (bicyclic) bond motifs is 1. The molecule has 11 heteroatoms. The van der Waals surface area contributed by atoms with E-state index in [1.165, 1.54) is 25.3 Å². The van der Waals surface area contributed by atoms with E-state index in [1.54, 1.807) is 6.92 Å². The number of hydrogen-bond donors (Lipinski definition) is 3. The van der Waals surface area contributed by atoms with Gasteiger partial charge in [-0.05, 0) is 57.2 Å². The fourth-order valence-electron chi connectivity index (χ4n) is 4.67. The molecule has 0 amide bonds. The van der Waals surface area contributed by atoms with Crippen LogP contribution in [0.3, 0.4) is 0 Å². The van der Waals surface area contributed by atoms with Crippen LogP contribution in [0.25, 0.3) is 22.3 Å². The zero-order chi connectivity index (χ0) is 25.6. The number of aromatic nitrogens is 4. The SMILES string of the molecule is Cc1cc(Cl)nc(N[C@@H]2CCC[C@H](Nc3nc(-c4c[nH]c5c(F)cc(F)cc45)nc(C)c3F)C2)c1F. The highest BCUT2D eigenvalue weighted by Gasteiger charge is 2.26. The van der Waals surface area contributed by atoms with Crippen LogP contribution in [-0.2, 0) is 0 Å². The normalized spacial score (nSPS) is 18.0. The van der Waals surface area contributed by atoms with E-state index in [0.29, 0.717) is 17.5 Å². The van der Waals surface area contributed by atoms with Gasteiger partial charge in [0.15, 0.2) is 29.1 Å². The Hall–Kier alpha value is -3.40. The van der Waals surface area contributed by atoms with Crippen LogP contribution in [0.2, 0.25) is 5.15 Å². The Kier molecular flexibility index (Phi) is 6.46. The fourth-order valence-corrected chi connectivity index (χ4v) is 4.91. The summed E-state index contributed by atoms with van der Waals surface area (Å²) in [5.41, 5.74) is 0.964. The Bertz CT molecular complexity index is 1460. The third-order valence-corrected chi connectivity index (χ3v) is 6.62. The fraction of sp³-hybridized carbons (Fsp3) is 0.320. The van der Waals surface area contributed by atoms with Crippen molar-refractivity contribution >= 4 is 34.1 Å². The van der Waals surface area contributed by atoms with Crippen LogP contribution in [0.15, 0.2) is 24.4 Å². The summed E-state index contributed by atoms with van der Waals surface area (Å²) in [6, 6.07) is 3.16. The van der Waals surface area contributed by atoms with Gasteiger partial charge in [-0.1, -0.05) is 11.6 Å². The van der Waals surface area contributed by atoms with Gasteiger partial charge in [0, 0.05) is 35.3 Å². The summed E-state index contributed by atoms with van der Waals surface area (Å²) >= 11 is 5.99. The average Bonchev–Trinajstić information content (AvgIpc) is 3.24. The molecule has 36 heavy (non-hydrogen) atoms. The second-order valence-corrected chi connectivity index (χ2v) is 9.47. The molecule has 4 aromatic rings. The largest absolute Gasteiger partial charge is 0.365 e. The molecule has 5 rings (SSSR count). The van der Waals surface area contributed by atoms with Gasteiger partial charge in [-0.2, -0.15) is 0 Å². The maximum absolute atomic E-state index is 15.0. The first-order valence-corrected chi connectivity index (χ1v) is 11.9. The van der Waals surface area contributed by atoms with Crippen LogP contribution in [0.4, 0.5) is 29.2 Å². The van der Waals surface area contributed by atoms with Crippen molar-refractivity contribution < 1.29 is 17.6 Å². The minimum atomic E-state index is -0.741. The van der Waals surface area contributed by atoms with E-state index in [2.05, 4.69) is 30.6 Å². The van der Waals surface area contributed by atoms with Crippen molar-refractivity contribution in [2.24, 2.45) is 0 Å². The third-order valence-electron chi connectivity index (χ3n) is 6.43. The number of hydrogen-bond acceptors (Lipinski definition) is 5. The van der Waals surface area contributed by atoms with E-state index in [-0.39, 0.29) is 51.3 Å². The first-order valence-electron chi connectivity index (χ1n) is 11.6. The number of aromatic amines is 1. The molecular formula is C25H23ClF4N6. The molecule has 1 aromatic carbocycles. The molecular weight excluding hydrogens is 496 g/mol. The monoisotopic (exact) mass is 518 g/mol. The quantitative estimate of drug-likeness (QED) is 0.203.